The molecule has 1 heterocycles. The zero-order valence-corrected chi connectivity index (χ0v) is 14.5. The van der Waals surface area contributed by atoms with Gasteiger partial charge in [-0.25, -0.2) is 8.78 Å². The SMILES string of the molecule is N=C1C(C(N)=O)=CC=C/C1=C/Nc1ccc(C2(O)CCCNC2)c(F)c1F. The first kappa shape index (κ1) is 18.9. The van der Waals surface area contributed by atoms with Gasteiger partial charge in [0.05, 0.1) is 17.0 Å². The standard InChI is InChI=1S/C19H20F2N4O2/c20-15-13(19(27)7-2-8-24-10-19)5-6-14(16(15)21)25-9-11-3-1-4-12(17(11)22)18(23)26/h1,3-6,9,22,24-25,27H,2,7-8,10H2,(H2,23,26)/b11-9-,22-17?. The molecular formula is C19H20F2N4O2. The van der Waals surface area contributed by atoms with E-state index in [0.29, 0.717) is 18.4 Å². The fourth-order valence-corrected chi connectivity index (χ4v) is 3.19. The maximum absolute atomic E-state index is 14.6. The Bertz CT molecular complexity index is 884. The lowest BCUT2D eigenvalue weighted by Crippen LogP contribution is -2.43. The Labute approximate surface area is 155 Å². The van der Waals surface area contributed by atoms with E-state index in [9.17, 15) is 18.7 Å². The van der Waals surface area contributed by atoms with Gasteiger partial charge in [0, 0.05) is 23.9 Å². The maximum Gasteiger partial charge on any atom is 0.250 e. The van der Waals surface area contributed by atoms with Crippen LogP contribution in [0.5, 0.6) is 0 Å². The summed E-state index contributed by atoms with van der Waals surface area (Å²) in [5.74, 6) is -2.98. The van der Waals surface area contributed by atoms with Crippen LogP contribution in [0.2, 0.25) is 0 Å². The molecule has 6 N–H and O–H groups in total. The molecule has 1 atom stereocenters. The average molecular weight is 374 g/mol. The summed E-state index contributed by atoms with van der Waals surface area (Å²) in [7, 11) is 0. The second-order valence-electron chi connectivity index (χ2n) is 6.52. The van der Waals surface area contributed by atoms with Gasteiger partial charge in [-0.1, -0.05) is 18.2 Å². The number of rotatable bonds is 4. The van der Waals surface area contributed by atoms with Crippen LogP contribution in [0.25, 0.3) is 0 Å². The van der Waals surface area contributed by atoms with Crippen molar-refractivity contribution in [2.75, 3.05) is 18.4 Å². The summed E-state index contributed by atoms with van der Waals surface area (Å²) < 4.78 is 29.0. The minimum Gasteiger partial charge on any atom is -0.384 e. The number of aliphatic hydroxyl groups is 1. The van der Waals surface area contributed by atoms with Gasteiger partial charge in [-0.2, -0.15) is 0 Å². The highest BCUT2D eigenvalue weighted by Gasteiger charge is 2.35. The summed E-state index contributed by atoms with van der Waals surface area (Å²) >= 11 is 0. The van der Waals surface area contributed by atoms with Crippen molar-refractivity contribution in [2.45, 2.75) is 18.4 Å². The largest absolute Gasteiger partial charge is 0.384 e. The molecule has 6 nitrogen and oxygen atoms in total. The number of hydrogen-bond acceptors (Lipinski definition) is 5. The lowest BCUT2D eigenvalue weighted by molar-refractivity contribution is -0.114. The number of benzene rings is 1. The quantitative estimate of drug-likeness (QED) is 0.554. The molecule has 1 aromatic rings. The number of halogens is 2. The van der Waals surface area contributed by atoms with Crippen LogP contribution in [0, 0.1) is 17.0 Å². The highest BCUT2D eigenvalue weighted by atomic mass is 19.2. The number of carbonyl (C=O) groups excluding carboxylic acids is 1. The van der Waals surface area contributed by atoms with Crippen molar-refractivity contribution in [3.05, 3.63) is 64.9 Å². The highest BCUT2D eigenvalue weighted by Crippen LogP contribution is 2.33. The maximum atomic E-state index is 14.6. The van der Waals surface area contributed by atoms with E-state index < -0.39 is 23.1 Å². The van der Waals surface area contributed by atoms with Crippen LogP contribution in [0.3, 0.4) is 0 Å². The molecule has 0 spiro atoms. The number of hydrogen-bond donors (Lipinski definition) is 5. The monoisotopic (exact) mass is 374 g/mol. The smallest absolute Gasteiger partial charge is 0.250 e. The van der Waals surface area contributed by atoms with Gasteiger partial charge in [-0.05, 0) is 31.5 Å². The lowest BCUT2D eigenvalue weighted by Gasteiger charge is -2.33. The molecule has 0 aromatic heterocycles. The van der Waals surface area contributed by atoms with Crippen molar-refractivity contribution in [2.24, 2.45) is 5.73 Å². The number of amides is 1. The van der Waals surface area contributed by atoms with Crippen LogP contribution in [0.15, 0.2) is 47.7 Å². The number of allylic oxidation sites excluding steroid dienone is 4. The minimum absolute atomic E-state index is 0.0274. The number of carbonyl (C=O) groups is 1. The fourth-order valence-electron chi connectivity index (χ4n) is 3.19. The summed E-state index contributed by atoms with van der Waals surface area (Å²) in [4.78, 5) is 11.3. The molecule has 1 unspecified atom stereocenters. The third-order valence-electron chi connectivity index (χ3n) is 4.69. The zero-order chi connectivity index (χ0) is 19.6. The number of β-amino-alcohol motifs (C(OH)–C–C–N with tert-alkyl or cyclic N) is 1. The third-order valence-corrected chi connectivity index (χ3v) is 4.69. The van der Waals surface area contributed by atoms with E-state index in [0.717, 1.165) is 6.54 Å². The van der Waals surface area contributed by atoms with Crippen LogP contribution >= 0.6 is 0 Å². The predicted molar refractivity (Wildman–Crippen MR) is 98.2 cm³/mol. The molecule has 1 aromatic carbocycles. The van der Waals surface area contributed by atoms with Gasteiger partial charge < -0.3 is 21.5 Å². The van der Waals surface area contributed by atoms with Gasteiger partial charge in [0.15, 0.2) is 11.6 Å². The van der Waals surface area contributed by atoms with Crippen molar-refractivity contribution >= 4 is 17.3 Å². The summed E-state index contributed by atoms with van der Waals surface area (Å²) in [5, 5.41) is 24.1. The minimum atomic E-state index is -1.45. The first-order chi connectivity index (χ1) is 12.8. The summed E-state index contributed by atoms with van der Waals surface area (Å²) in [5.41, 5.74) is 3.73. The van der Waals surface area contributed by atoms with Crippen molar-refractivity contribution in [1.82, 2.24) is 5.32 Å². The van der Waals surface area contributed by atoms with E-state index in [1.54, 1.807) is 6.08 Å². The van der Waals surface area contributed by atoms with Gasteiger partial charge in [0.2, 0.25) is 0 Å². The first-order valence-electron chi connectivity index (χ1n) is 8.49. The van der Waals surface area contributed by atoms with Crippen molar-refractivity contribution in [3.63, 3.8) is 0 Å². The van der Waals surface area contributed by atoms with E-state index in [-0.39, 0.29) is 29.1 Å². The number of primary amides is 1. The second-order valence-corrected chi connectivity index (χ2v) is 6.52. The Hall–Kier alpha value is -2.84. The third kappa shape index (κ3) is 3.67. The normalized spacial score (nSPS) is 24.0. The molecule has 1 saturated heterocycles. The van der Waals surface area contributed by atoms with Crippen LogP contribution in [-0.4, -0.2) is 29.8 Å². The molecule has 0 radical (unpaired) electrons. The van der Waals surface area contributed by atoms with Gasteiger partial charge >= 0.3 is 0 Å². The topological polar surface area (TPSA) is 111 Å². The van der Waals surface area contributed by atoms with E-state index >= 15 is 0 Å². The summed E-state index contributed by atoms with van der Waals surface area (Å²) in [6.45, 7) is 0.880. The molecule has 0 bridgehead atoms. The molecule has 142 valence electrons. The first-order valence-corrected chi connectivity index (χ1v) is 8.49. The highest BCUT2D eigenvalue weighted by molar-refractivity contribution is 6.28. The fraction of sp³-hybridized carbons (Fsp3) is 0.263. The predicted octanol–water partition coefficient (Wildman–Crippen LogP) is 1.83. The number of anilines is 1. The molecule has 1 aliphatic heterocycles. The molecule has 1 aliphatic carbocycles. The molecule has 0 saturated carbocycles. The van der Waals surface area contributed by atoms with Gasteiger partial charge in [0.1, 0.15) is 5.60 Å². The van der Waals surface area contributed by atoms with Crippen LogP contribution in [0.4, 0.5) is 14.5 Å². The number of piperidine rings is 1. The second kappa shape index (κ2) is 7.42. The molecule has 1 fully saturated rings. The summed E-state index contributed by atoms with van der Waals surface area (Å²) in [6.07, 6.45) is 6.79. The van der Waals surface area contributed by atoms with Crippen LogP contribution in [0.1, 0.15) is 18.4 Å². The Balaban J connectivity index is 1.84. The Morgan fingerprint density at radius 3 is 2.81 bits per heavy atom. The zero-order valence-electron chi connectivity index (χ0n) is 14.5. The number of nitrogens with two attached hydrogens (primary N) is 1. The molecule has 3 rings (SSSR count). The molecular weight excluding hydrogens is 354 g/mol. The van der Waals surface area contributed by atoms with Crippen molar-refractivity contribution in [3.8, 4) is 0 Å². The van der Waals surface area contributed by atoms with E-state index in [4.69, 9.17) is 11.1 Å². The van der Waals surface area contributed by atoms with Crippen LogP contribution < -0.4 is 16.4 Å². The Morgan fingerprint density at radius 2 is 2.15 bits per heavy atom. The van der Waals surface area contributed by atoms with E-state index in [1.807, 2.05) is 0 Å². The van der Waals surface area contributed by atoms with E-state index in [2.05, 4.69) is 10.6 Å². The molecule has 8 heteroatoms. The summed E-state index contributed by atoms with van der Waals surface area (Å²) in [6, 6.07) is 2.68. The number of nitrogens with one attached hydrogen (secondary N) is 3. The lowest BCUT2D eigenvalue weighted by atomic mass is 9.86. The molecule has 27 heavy (non-hydrogen) atoms. The Morgan fingerprint density at radius 1 is 1.37 bits per heavy atom. The van der Waals surface area contributed by atoms with Crippen molar-refractivity contribution in [1.29, 1.82) is 5.41 Å². The average Bonchev–Trinajstić information content (AvgIpc) is 2.64. The molecule has 1 amide bonds. The van der Waals surface area contributed by atoms with Crippen LogP contribution in [-0.2, 0) is 10.4 Å². The van der Waals surface area contributed by atoms with Gasteiger partial charge in [-0.3, -0.25) is 10.2 Å². The van der Waals surface area contributed by atoms with Gasteiger partial charge in [-0.15, -0.1) is 0 Å². The van der Waals surface area contributed by atoms with E-state index in [1.165, 1.54) is 30.5 Å². The van der Waals surface area contributed by atoms with Gasteiger partial charge in [0.25, 0.3) is 5.91 Å². The van der Waals surface area contributed by atoms with Crippen molar-refractivity contribution < 1.29 is 18.7 Å². The molecule has 2 aliphatic rings. The Kier molecular flexibility index (Phi) is 5.20.